The molecule has 2 N–H and O–H groups in total. The topological polar surface area (TPSA) is 50.4 Å². The highest BCUT2D eigenvalue weighted by Crippen LogP contribution is 2.53. The summed E-state index contributed by atoms with van der Waals surface area (Å²) >= 11 is 0. The van der Waals surface area contributed by atoms with E-state index in [4.69, 9.17) is 4.74 Å². The van der Waals surface area contributed by atoms with Crippen LogP contribution in [0.3, 0.4) is 0 Å². The predicted molar refractivity (Wildman–Crippen MR) is 98.4 cm³/mol. The van der Waals surface area contributed by atoms with Crippen LogP contribution in [0.2, 0.25) is 0 Å². The van der Waals surface area contributed by atoms with E-state index in [2.05, 4.69) is 17.6 Å². The van der Waals surface area contributed by atoms with Gasteiger partial charge in [-0.15, -0.1) is 0 Å². The highest BCUT2D eigenvalue weighted by atomic mass is 16.5. The molecule has 1 aromatic carbocycles. The monoisotopic (exact) mass is 342 g/mol. The van der Waals surface area contributed by atoms with Crippen LogP contribution in [0.25, 0.3) is 0 Å². The summed E-state index contributed by atoms with van der Waals surface area (Å²) in [4.78, 5) is 12.4. The van der Waals surface area contributed by atoms with Crippen LogP contribution in [-0.4, -0.2) is 18.7 Å². The van der Waals surface area contributed by atoms with Crippen molar-refractivity contribution in [3.63, 3.8) is 0 Å². The van der Waals surface area contributed by atoms with Gasteiger partial charge in [0.1, 0.15) is 5.75 Å². The molecule has 4 fully saturated rings. The maximum atomic E-state index is 12.4. The summed E-state index contributed by atoms with van der Waals surface area (Å²) < 4.78 is 5.59. The zero-order chi connectivity index (χ0) is 17.2. The van der Waals surface area contributed by atoms with Crippen molar-refractivity contribution in [2.24, 2.45) is 23.7 Å². The van der Waals surface area contributed by atoms with E-state index in [0.717, 1.165) is 48.0 Å². The number of rotatable bonds is 6. The SMILES string of the molecule is CCCOc1ccc(CNC(=O)NC2C3CC4CC(C3)CC2C4)cc1. The standard InChI is InChI=1S/C21H30N2O2/c1-2-7-25-19-5-3-14(4-6-19)13-22-21(24)23-20-17-9-15-8-16(11-17)12-18(20)10-15/h3-6,15-18,20H,2,7-13H2,1H3,(H2,22,23,24). The second kappa shape index (κ2) is 7.27. The molecule has 4 bridgehead atoms. The Labute approximate surface area is 150 Å². The van der Waals surface area contributed by atoms with Crippen LogP contribution in [0.15, 0.2) is 24.3 Å². The molecule has 4 nitrogen and oxygen atoms in total. The Balaban J connectivity index is 1.25. The molecule has 0 spiro atoms. The number of nitrogens with one attached hydrogen (secondary N) is 2. The Bertz CT molecular complexity index is 570. The van der Waals surface area contributed by atoms with E-state index >= 15 is 0 Å². The highest BCUT2D eigenvalue weighted by molar-refractivity contribution is 5.74. The normalized spacial score (nSPS) is 32.4. The van der Waals surface area contributed by atoms with Gasteiger partial charge in [-0.1, -0.05) is 19.1 Å². The van der Waals surface area contributed by atoms with Gasteiger partial charge in [-0.05, 0) is 79.9 Å². The van der Waals surface area contributed by atoms with Crippen molar-refractivity contribution in [2.45, 2.75) is 58.0 Å². The minimum absolute atomic E-state index is 0.0104. The van der Waals surface area contributed by atoms with Gasteiger partial charge >= 0.3 is 6.03 Å². The van der Waals surface area contributed by atoms with Gasteiger partial charge in [0.2, 0.25) is 0 Å². The molecule has 2 amide bonds. The van der Waals surface area contributed by atoms with Crippen molar-refractivity contribution >= 4 is 6.03 Å². The molecule has 0 aliphatic heterocycles. The first kappa shape index (κ1) is 16.7. The van der Waals surface area contributed by atoms with Gasteiger partial charge in [0.15, 0.2) is 0 Å². The van der Waals surface area contributed by atoms with Crippen LogP contribution in [-0.2, 0) is 6.54 Å². The number of urea groups is 1. The first-order valence-electron chi connectivity index (χ1n) is 9.97. The van der Waals surface area contributed by atoms with E-state index in [0.29, 0.717) is 12.6 Å². The molecule has 4 heteroatoms. The maximum absolute atomic E-state index is 12.4. The molecule has 4 saturated carbocycles. The number of benzene rings is 1. The van der Waals surface area contributed by atoms with E-state index in [-0.39, 0.29) is 6.03 Å². The summed E-state index contributed by atoms with van der Waals surface area (Å²) in [6.07, 6.45) is 7.78. The number of carbonyl (C=O) groups is 1. The van der Waals surface area contributed by atoms with Crippen molar-refractivity contribution in [3.05, 3.63) is 29.8 Å². The molecule has 0 heterocycles. The fourth-order valence-corrected chi connectivity index (χ4v) is 5.47. The summed E-state index contributed by atoms with van der Waals surface area (Å²) in [5, 5.41) is 6.33. The molecular formula is C21H30N2O2. The maximum Gasteiger partial charge on any atom is 0.315 e. The molecule has 0 aromatic heterocycles. The van der Waals surface area contributed by atoms with Crippen molar-refractivity contribution in [2.75, 3.05) is 6.61 Å². The zero-order valence-electron chi connectivity index (χ0n) is 15.2. The summed E-state index contributed by atoms with van der Waals surface area (Å²) in [6, 6.07) is 8.38. The van der Waals surface area contributed by atoms with Crippen LogP contribution < -0.4 is 15.4 Å². The first-order valence-corrected chi connectivity index (χ1v) is 9.97. The van der Waals surface area contributed by atoms with Gasteiger partial charge in [0.05, 0.1) is 6.61 Å². The van der Waals surface area contributed by atoms with E-state index in [1.807, 2.05) is 24.3 Å². The lowest BCUT2D eigenvalue weighted by molar-refractivity contribution is -0.00942. The zero-order valence-corrected chi connectivity index (χ0v) is 15.2. The number of amides is 2. The van der Waals surface area contributed by atoms with Crippen LogP contribution in [0, 0.1) is 23.7 Å². The predicted octanol–water partition coefficient (Wildman–Crippen LogP) is 4.10. The second-order valence-electron chi connectivity index (χ2n) is 8.28. The van der Waals surface area contributed by atoms with Gasteiger partial charge in [-0.2, -0.15) is 0 Å². The van der Waals surface area contributed by atoms with Crippen molar-refractivity contribution in [3.8, 4) is 5.75 Å². The molecule has 0 unspecified atom stereocenters. The Hall–Kier alpha value is -1.71. The van der Waals surface area contributed by atoms with Gasteiger partial charge in [-0.3, -0.25) is 0 Å². The molecular weight excluding hydrogens is 312 g/mol. The Morgan fingerprint density at radius 1 is 1.04 bits per heavy atom. The summed E-state index contributed by atoms with van der Waals surface area (Å²) in [7, 11) is 0. The van der Waals surface area contributed by atoms with Crippen molar-refractivity contribution < 1.29 is 9.53 Å². The van der Waals surface area contributed by atoms with E-state index in [9.17, 15) is 4.79 Å². The summed E-state index contributed by atoms with van der Waals surface area (Å²) in [6.45, 7) is 3.40. The van der Waals surface area contributed by atoms with E-state index in [1.165, 1.54) is 32.1 Å². The van der Waals surface area contributed by atoms with Gasteiger partial charge in [0.25, 0.3) is 0 Å². The van der Waals surface area contributed by atoms with E-state index in [1.54, 1.807) is 0 Å². The average Bonchev–Trinajstić information content (AvgIpc) is 2.61. The fourth-order valence-electron chi connectivity index (χ4n) is 5.47. The molecule has 0 radical (unpaired) electrons. The van der Waals surface area contributed by atoms with Crippen LogP contribution >= 0.6 is 0 Å². The number of hydrogen-bond acceptors (Lipinski definition) is 2. The lowest BCUT2D eigenvalue weighted by Gasteiger charge is -2.54. The smallest absolute Gasteiger partial charge is 0.315 e. The average molecular weight is 342 g/mol. The third kappa shape index (κ3) is 3.78. The number of carbonyl (C=O) groups excluding carboxylic acids is 1. The minimum Gasteiger partial charge on any atom is -0.494 e. The summed E-state index contributed by atoms with van der Waals surface area (Å²) in [5.74, 6) is 4.21. The molecule has 0 saturated heterocycles. The molecule has 25 heavy (non-hydrogen) atoms. The van der Waals surface area contributed by atoms with Gasteiger partial charge < -0.3 is 15.4 Å². The molecule has 4 aliphatic rings. The minimum atomic E-state index is -0.0104. The van der Waals surface area contributed by atoms with Gasteiger partial charge in [-0.25, -0.2) is 4.79 Å². The first-order chi connectivity index (χ1) is 12.2. The highest BCUT2D eigenvalue weighted by Gasteiger charge is 2.48. The molecule has 136 valence electrons. The summed E-state index contributed by atoms with van der Waals surface area (Å²) in [5.41, 5.74) is 1.10. The molecule has 5 rings (SSSR count). The lowest BCUT2D eigenvalue weighted by Crippen LogP contribution is -2.57. The van der Waals surface area contributed by atoms with Crippen LogP contribution in [0.5, 0.6) is 5.75 Å². The molecule has 0 atom stereocenters. The van der Waals surface area contributed by atoms with Crippen molar-refractivity contribution in [1.29, 1.82) is 0 Å². The van der Waals surface area contributed by atoms with Crippen LogP contribution in [0.4, 0.5) is 4.79 Å². The third-order valence-electron chi connectivity index (χ3n) is 6.37. The number of hydrogen-bond donors (Lipinski definition) is 2. The number of ether oxygens (including phenoxy) is 1. The van der Waals surface area contributed by atoms with E-state index < -0.39 is 0 Å². The molecule has 1 aromatic rings. The molecule has 4 aliphatic carbocycles. The lowest BCUT2D eigenvalue weighted by atomic mass is 9.54. The quantitative estimate of drug-likeness (QED) is 0.818. The third-order valence-corrected chi connectivity index (χ3v) is 6.37. The van der Waals surface area contributed by atoms with Crippen molar-refractivity contribution in [1.82, 2.24) is 10.6 Å². The fraction of sp³-hybridized carbons (Fsp3) is 0.667. The Kier molecular flexibility index (Phi) is 4.87. The Morgan fingerprint density at radius 2 is 1.68 bits per heavy atom. The second-order valence-corrected chi connectivity index (χ2v) is 8.28. The van der Waals surface area contributed by atoms with Gasteiger partial charge in [0, 0.05) is 12.6 Å². The largest absolute Gasteiger partial charge is 0.494 e. The van der Waals surface area contributed by atoms with Crippen LogP contribution in [0.1, 0.15) is 51.0 Å². The Morgan fingerprint density at radius 3 is 2.28 bits per heavy atom.